The number of halogens is 2. The maximum Gasteiger partial charge on any atom is 0.195 e. The van der Waals surface area contributed by atoms with Crippen LogP contribution < -0.4 is 0 Å². The number of carbonyl (C=O) groups excluding carboxylic acids is 1. The SMILES string of the molecule is Cc1cc(C(=O)c2ccccc2)c(F)cc1F. The fraction of sp³-hybridized carbons (Fsp3) is 0.0714. The Hall–Kier alpha value is -2.03. The van der Waals surface area contributed by atoms with Crippen LogP contribution in [-0.4, -0.2) is 5.78 Å². The van der Waals surface area contributed by atoms with Crippen LogP contribution in [0.3, 0.4) is 0 Å². The van der Waals surface area contributed by atoms with E-state index < -0.39 is 17.4 Å². The molecule has 0 fully saturated rings. The highest BCUT2D eigenvalue weighted by Gasteiger charge is 2.15. The Balaban J connectivity index is 2.48. The van der Waals surface area contributed by atoms with Gasteiger partial charge in [0.25, 0.3) is 0 Å². The van der Waals surface area contributed by atoms with Crippen molar-refractivity contribution >= 4 is 5.78 Å². The van der Waals surface area contributed by atoms with Crippen molar-refractivity contribution < 1.29 is 13.6 Å². The average Bonchev–Trinajstić information content (AvgIpc) is 2.34. The van der Waals surface area contributed by atoms with E-state index in [1.165, 1.54) is 13.0 Å². The number of hydrogen-bond donors (Lipinski definition) is 0. The molecule has 86 valence electrons. The van der Waals surface area contributed by atoms with E-state index in [0.717, 1.165) is 6.07 Å². The van der Waals surface area contributed by atoms with E-state index in [1.807, 2.05) is 0 Å². The smallest absolute Gasteiger partial charge is 0.195 e. The highest BCUT2D eigenvalue weighted by Crippen LogP contribution is 2.17. The lowest BCUT2D eigenvalue weighted by molar-refractivity contribution is 0.103. The van der Waals surface area contributed by atoms with Crippen LogP contribution in [0.25, 0.3) is 0 Å². The average molecular weight is 232 g/mol. The minimum Gasteiger partial charge on any atom is -0.288 e. The Morgan fingerprint density at radius 1 is 1.00 bits per heavy atom. The van der Waals surface area contributed by atoms with Gasteiger partial charge in [-0.05, 0) is 18.6 Å². The fourth-order valence-electron chi connectivity index (χ4n) is 1.58. The van der Waals surface area contributed by atoms with Crippen molar-refractivity contribution in [2.24, 2.45) is 0 Å². The van der Waals surface area contributed by atoms with Gasteiger partial charge in [0.15, 0.2) is 5.78 Å². The van der Waals surface area contributed by atoms with Gasteiger partial charge in [0.2, 0.25) is 0 Å². The van der Waals surface area contributed by atoms with Gasteiger partial charge in [-0.15, -0.1) is 0 Å². The predicted molar refractivity (Wildman–Crippen MR) is 61.0 cm³/mol. The van der Waals surface area contributed by atoms with E-state index in [4.69, 9.17) is 0 Å². The minimum atomic E-state index is -0.832. The monoisotopic (exact) mass is 232 g/mol. The first-order valence-electron chi connectivity index (χ1n) is 5.15. The molecule has 0 atom stereocenters. The van der Waals surface area contributed by atoms with Crippen LogP contribution in [-0.2, 0) is 0 Å². The molecule has 0 radical (unpaired) electrons. The van der Waals surface area contributed by atoms with Crippen LogP contribution in [0, 0.1) is 18.6 Å². The summed E-state index contributed by atoms with van der Waals surface area (Å²) in [4.78, 5) is 12.0. The van der Waals surface area contributed by atoms with Crippen LogP contribution in [0.15, 0.2) is 42.5 Å². The molecule has 0 saturated heterocycles. The van der Waals surface area contributed by atoms with Crippen molar-refractivity contribution in [3.05, 3.63) is 70.8 Å². The summed E-state index contributed by atoms with van der Waals surface area (Å²) in [5, 5.41) is 0. The number of hydrogen-bond acceptors (Lipinski definition) is 1. The lowest BCUT2D eigenvalue weighted by Gasteiger charge is -2.05. The number of benzene rings is 2. The van der Waals surface area contributed by atoms with Gasteiger partial charge < -0.3 is 0 Å². The summed E-state index contributed by atoms with van der Waals surface area (Å²) in [6.07, 6.45) is 0. The lowest BCUT2D eigenvalue weighted by atomic mass is 10.0. The van der Waals surface area contributed by atoms with E-state index in [-0.39, 0.29) is 11.1 Å². The molecule has 0 spiro atoms. The first-order chi connectivity index (χ1) is 8.09. The topological polar surface area (TPSA) is 17.1 Å². The molecule has 0 saturated carbocycles. The zero-order chi connectivity index (χ0) is 12.4. The fourth-order valence-corrected chi connectivity index (χ4v) is 1.58. The zero-order valence-electron chi connectivity index (χ0n) is 9.21. The zero-order valence-corrected chi connectivity index (χ0v) is 9.21. The Labute approximate surface area is 97.7 Å². The van der Waals surface area contributed by atoms with E-state index in [9.17, 15) is 13.6 Å². The molecule has 0 heterocycles. The van der Waals surface area contributed by atoms with Gasteiger partial charge in [0.1, 0.15) is 11.6 Å². The summed E-state index contributed by atoms with van der Waals surface area (Å²) in [6, 6.07) is 10.3. The molecule has 0 aliphatic rings. The number of aryl methyl sites for hydroxylation is 1. The van der Waals surface area contributed by atoms with Gasteiger partial charge in [-0.3, -0.25) is 4.79 Å². The van der Waals surface area contributed by atoms with Crippen molar-refractivity contribution in [2.75, 3.05) is 0 Å². The standard InChI is InChI=1S/C14H10F2O/c1-9-7-11(13(16)8-12(9)15)14(17)10-5-3-2-4-6-10/h2-8H,1H3. The molecule has 17 heavy (non-hydrogen) atoms. The molecule has 0 N–H and O–H groups in total. The molecule has 1 nitrogen and oxygen atoms in total. The molecule has 0 amide bonds. The number of rotatable bonds is 2. The summed E-state index contributed by atoms with van der Waals surface area (Å²) >= 11 is 0. The molecule has 0 aromatic heterocycles. The van der Waals surface area contributed by atoms with E-state index >= 15 is 0 Å². The van der Waals surface area contributed by atoms with Gasteiger partial charge in [-0.25, -0.2) is 8.78 Å². The molecule has 3 heteroatoms. The van der Waals surface area contributed by atoms with Crippen LogP contribution in [0.4, 0.5) is 8.78 Å². The molecule has 2 aromatic carbocycles. The number of ketones is 1. The molecular weight excluding hydrogens is 222 g/mol. The van der Waals surface area contributed by atoms with Crippen molar-refractivity contribution in [1.82, 2.24) is 0 Å². The van der Waals surface area contributed by atoms with Gasteiger partial charge in [-0.2, -0.15) is 0 Å². The van der Waals surface area contributed by atoms with Crippen LogP contribution >= 0.6 is 0 Å². The minimum absolute atomic E-state index is 0.102. The second-order valence-corrected chi connectivity index (χ2v) is 3.78. The predicted octanol–water partition coefficient (Wildman–Crippen LogP) is 3.50. The Kier molecular flexibility index (Phi) is 3.00. The summed E-state index contributed by atoms with van der Waals surface area (Å²) < 4.78 is 26.6. The summed E-state index contributed by atoms with van der Waals surface area (Å²) in [5.74, 6) is -1.92. The third-order valence-electron chi connectivity index (χ3n) is 2.53. The second kappa shape index (κ2) is 4.45. The highest BCUT2D eigenvalue weighted by molar-refractivity contribution is 6.09. The van der Waals surface area contributed by atoms with Gasteiger partial charge in [-0.1, -0.05) is 30.3 Å². The maximum atomic E-state index is 13.5. The van der Waals surface area contributed by atoms with Gasteiger partial charge >= 0.3 is 0 Å². The van der Waals surface area contributed by atoms with Gasteiger partial charge in [0.05, 0.1) is 5.56 Å². The lowest BCUT2D eigenvalue weighted by Crippen LogP contribution is -2.05. The first-order valence-corrected chi connectivity index (χ1v) is 5.15. The van der Waals surface area contributed by atoms with Crippen LogP contribution in [0.5, 0.6) is 0 Å². The van der Waals surface area contributed by atoms with Crippen LogP contribution in [0.1, 0.15) is 21.5 Å². The molecular formula is C14H10F2O. The molecule has 2 rings (SSSR count). The quantitative estimate of drug-likeness (QED) is 0.724. The first kappa shape index (κ1) is 11.5. The van der Waals surface area contributed by atoms with Gasteiger partial charge in [0, 0.05) is 11.6 Å². The van der Waals surface area contributed by atoms with E-state index in [1.54, 1.807) is 30.3 Å². The van der Waals surface area contributed by atoms with Crippen molar-refractivity contribution in [1.29, 1.82) is 0 Å². The molecule has 0 unspecified atom stereocenters. The summed E-state index contributed by atoms with van der Waals surface area (Å²) in [5.41, 5.74) is 0.540. The van der Waals surface area contributed by atoms with E-state index in [0.29, 0.717) is 5.56 Å². The molecule has 0 aliphatic heterocycles. The molecule has 0 bridgehead atoms. The normalized spacial score (nSPS) is 10.3. The Bertz CT molecular complexity index is 562. The van der Waals surface area contributed by atoms with Crippen molar-refractivity contribution in [2.45, 2.75) is 6.92 Å². The number of carbonyl (C=O) groups is 1. The highest BCUT2D eigenvalue weighted by atomic mass is 19.1. The van der Waals surface area contributed by atoms with E-state index in [2.05, 4.69) is 0 Å². The maximum absolute atomic E-state index is 13.5. The Morgan fingerprint density at radius 3 is 2.29 bits per heavy atom. The molecule has 0 aliphatic carbocycles. The third kappa shape index (κ3) is 2.23. The van der Waals surface area contributed by atoms with Crippen molar-refractivity contribution in [3.8, 4) is 0 Å². The molecule has 2 aromatic rings. The van der Waals surface area contributed by atoms with Crippen LogP contribution in [0.2, 0.25) is 0 Å². The largest absolute Gasteiger partial charge is 0.288 e. The summed E-state index contributed by atoms with van der Waals surface area (Å²) in [6.45, 7) is 1.50. The Morgan fingerprint density at radius 2 is 1.65 bits per heavy atom. The third-order valence-corrected chi connectivity index (χ3v) is 2.53. The second-order valence-electron chi connectivity index (χ2n) is 3.78. The summed E-state index contributed by atoms with van der Waals surface area (Å²) in [7, 11) is 0. The van der Waals surface area contributed by atoms with Crippen molar-refractivity contribution in [3.63, 3.8) is 0 Å².